The second-order valence-electron chi connectivity index (χ2n) is 7.96. The van der Waals surface area contributed by atoms with Crippen molar-refractivity contribution in [1.82, 2.24) is 0 Å². The summed E-state index contributed by atoms with van der Waals surface area (Å²) >= 11 is 1.44. The van der Waals surface area contributed by atoms with Gasteiger partial charge in [0.25, 0.3) is 5.91 Å². The highest BCUT2D eigenvalue weighted by Crippen LogP contribution is 2.43. The lowest BCUT2D eigenvalue weighted by Gasteiger charge is -2.31. The summed E-state index contributed by atoms with van der Waals surface area (Å²) in [4.78, 5) is 42.8. The van der Waals surface area contributed by atoms with Crippen LogP contribution in [0.25, 0.3) is 0 Å². The average molecular weight is 475 g/mol. The Labute approximate surface area is 203 Å². The summed E-state index contributed by atoms with van der Waals surface area (Å²) in [5.74, 6) is -1.05. The Bertz CT molecular complexity index is 1260. The van der Waals surface area contributed by atoms with Crippen LogP contribution in [-0.2, 0) is 9.53 Å². The Morgan fingerprint density at radius 1 is 1.00 bits per heavy atom. The fourth-order valence-corrected chi connectivity index (χ4v) is 5.01. The van der Waals surface area contributed by atoms with Crippen molar-refractivity contribution in [2.45, 2.75) is 43.0 Å². The van der Waals surface area contributed by atoms with Crippen LogP contribution in [0.3, 0.4) is 0 Å². The lowest BCUT2D eigenvalue weighted by Crippen LogP contribution is -2.47. The lowest BCUT2D eigenvalue weighted by molar-refractivity contribution is -0.117. The molecule has 1 atom stereocenters. The molecular weight excluding hydrogens is 448 g/mol. The van der Waals surface area contributed by atoms with Gasteiger partial charge in [-0.3, -0.25) is 14.5 Å². The quantitative estimate of drug-likeness (QED) is 0.464. The molecule has 0 bridgehead atoms. The van der Waals surface area contributed by atoms with Gasteiger partial charge >= 0.3 is 5.97 Å². The van der Waals surface area contributed by atoms with E-state index in [0.29, 0.717) is 28.9 Å². The summed E-state index contributed by atoms with van der Waals surface area (Å²) in [5, 5.41) is 2.95. The van der Waals surface area contributed by atoms with E-state index in [0.717, 1.165) is 15.4 Å². The summed E-state index contributed by atoms with van der Waals surface area (Å²) in [5.41, 5.74) is 3.05. The third kappa shape index (κ3) is 4.70. The van der Waals surface area contributed by atoms with E-state index in [-0.39, 0.29) is 18.4 Å². The molecule has 1 unspecified atom stereocenters. The van der Waals surface area contributed by atoms with Crippen LogP contribution in [0.2, 0.25) is 0 Å². The number of hydrogen-bond acceptors (Lipinski definition) is 5. The first-order valence-corrected chi connectivity index (χ1v) is 12.0. The molecule has 0 spiro atoms. The molecular formula is C27H26N2O4S. The monoisotopic (exact) mass is 474 g/mol. The minimum atomic E-state index is -0.782. The molecule has 1 aliphatic heterocycles. The summed E-state index contributed by atoms with van der Waals surface area (Å²) in [6, 6.07) is 19.2. The van der Waals surface area contributed by atoms with Crippen molar-refractivity contribution in [3.05, 3.63) is 83.4 Å². The number of rotatable bonds is 6. The minimum Gasteiger partial charge on any atom is -0.462 e. The molecule has 174 valence electrons. The van der Waals surface area contributed by atoms with Crippen molar-refractivity contribution >= 4 is 40.9 Å². The van der Waals surface area contributed by atoms with Crippen LogP contribution in [0.4, 0.5) is 11.4 Å². The Balaban J connectivity index is 1.81. The molecule has 1 aliphatic rings. The molecule has 3 aromatic rings. The van der Waals surface area contributed by atoms with Gasteiger partial charge in [-0.25, -0.2) is 4.79 Å². The molecule has 0 fully saturated rings. The summed E-state index contributed by atoms with van der Waals surface area (Å²) in [6.07, 6.45) is 0.388. The van der Waals surface area contributed by atoms with Gasteiger partial charge < -0.3 is 10.1 Å². The second-order valence-corrected chi connectivity index (χ2v) is 9.04. The molecule has 3 aromatic carbocycles. The number of nitrogens with zero attached hydrogens (tertiary/aromatic N) is 1. The van der Waals surface area contributed by atoms with Gasteiger partial charge in [0.2, 0.25) is 5.91 Å². The Morgan fingerprint density at radius 3 is 2.53 bits per heavy atom. The van der Waals surface area contributed by atoms with Crippen molar-refractivity contribution < 1.29 is 19.1 Å². The SMILES string of the molecule is CCOC(=O)c1ccc2c(c1)N(C(CC)C(=O)Nc1cccc(C)c1)C(=O)c1ccccc1S2. The first-order chi connectivity index (χ1) is 16.4. The van der Waals surface area contributed by atoms with E-state index >= 15 is 0 Å². The standard InChI is InChI=1S/C27H26N2O4S/c1-4-21(25(30)28-19-10-8-9-17(3)15-19)29-22-16-18(27(32)33-5-2)13-14-24(22)34-23-12-7-6-11-20(23)26(29)31/h6-16,21H,4-5H2,1-3H3,(H,28,30). The maximum atomic E-state index is 13.8. The predicted molar refractivity (Wildman–Crippen MR) is 134 cm³/mol. The number of nitrogens with one attached hydrogen (secondary N) is 1. The van der Waals surface area contributed by atoms with E-state index in [1.807, 2.05) is 56.3 Å². The maximum absolute atomic E-state index is 13.8. The molecule has 1 N–H and O–H groups in total. The molecule has 7 heteroatoms. The van der Waals surface area contributed by atoms with E-state index in [9.17, 15) is 14.4 Å². The zero-order valence-corrected chi connectivity index (χ0v) is 20.1. The van der Waals surface area contributed by atoms with Crippen LogP contribution in [0.1, 0.15) is 46.5 Å². The number of benzene rings is 3. The van der Waals surface area contributed by atoms with Crippen LogP contribution in [-0.4, -0.2) is 30.4 Å². The first-order valence-electron chi connectivity index (χ1n) is 11.2. The van der Waals surface area contributed by atoms with E-state index in [4.69, 9.17) is 4.74 Å². The van der Waals surface area contributed by atoms with Crippen molar-refractivity contribution in [2.24, 2.45) is 0 Å². The van der Waals surface area contributed by atoms with Gasteiger partial charge in [-0.05, 0) is 68.3 Å². The number of aryl methyl sites for hydroxylation is 1. The van der Waals surface area contributed by atoms with Crippen LogP contribution in [0.5, 0.6) is 0 Å². The topological polar surface area (TPSA) is 75.7 Å². The highest BCUT2D eigenvalue weighted by Gasteiger charge is 2.36. The number of fused-ring (bicyclic) bond motifs is 2. The Kier molecular flexibility index (Phi) is 7.03. The minimum absolute atomic E-state index is 0.245. The highest BCUT2D eigenvalue weighted by molar-refractivity contribution is 7.99. The second kappa shape index (κ2) is 10.1. The van der Waals surface area contributed by atoms with Crippen LogP contribution in [0, 0.1) is 6.92 Å². The molecule has 0 aliphatic carbocycles. The lowest BCUT2D eigenvalue weighted by atomic mass is 10.1. The smallest absolute Gasteiger partial charge is 0.338 e. The van der Waals surface area contributed by atoms with Gasteiger partial charge in [-0.15, -0.1) is 0 Å². The van der Waals surface area contributed by atoms with E-state index < -0.39 is 12.0 Å². The molecule has 6 nitrogen and oxygen atoms in total. The van der Waals surface area contributed by atoms with Gasteiger partial charge in [-0.2, -0.15) is 0 Å². The van der Waals surface area contributed by atoms with Crippen LogP contribution >= 0.6 is 11.8 Å². The number of ether oxygens (including phenoxy) is 1. The number of carbonyl (C=O) groups is 3. The fourth-order valence-electron chi connectivity index (χ4n) is 3.97. The molecule has 0 saturated carbocycles. The molecule has 1 heterocycles. The largest absolute Gasteiger partial charge is 0.462 e. The van der Waals surface area contributed by atoms with Crippen molar-refractivity contribution in [3.8, 4) is 0 Å². The normalized spacial score (nSPS) is 13.4. The van der Waals surface area contributed by atoms with E-state index in [1.54, 1.807) is 31.2 Å². The molecule has 4 rings (SSSR count). The van der Waals surface area contributed by atoms with Crippen molar-refractivity contribution in [3.63, 3.8) is 0 Å². The van der Waals surface area contributed by atoms with E-state index in [1.165, 1.54) is 16.7 Å². The Morgan fingerprint density at radius 2 is 1.79 bits per heavy atom. The summed E-state index contributed by atoms with van der Waals surface area (Å²) in [6.45, 7) is 5.81. The number of amides is 2. The highest BCUT2D eigenvalue weighted by atomic mass is 32.2. The molecule has 0 saturated heterocycles. The molecule has 34 heavy (non-hydrogen) atoms. The average Bonchev–Trinajstić information content (AvgIpc) is 2.94. The molecule has 0 radical (unpaired) electrons. The zero-order valence-electron chi connectivity index (χ0n) is 19.3. The number of hydrogen-bond donors (Lipinski definition) is 1. The van der Waals surface area contributed by atoms with Gasteiger partial charge in [0.1, 0.15) is 6.04 Å². The van der Waals surface area contributed by atoms with Gasteiger partial charge in [-0.1, -0.05) is 43.0 Å². The van der Waals surface area contributed by atoms with Crippen molar-refractivity contribution in [2.75, 3.05) is 16.8 Å². The van der Waals surface area contributed by atoms with E-state index in [2.05, 4.69) is 5.32 Å². The van der Waals surface area contributed by atoms with Gasteiger partial charge in [0.05, 0.1) is 23.4 Å². The fraction of sp³-hybridized carbons (Fsp3) is 0.222. The first kappa shape index (κ1) is 23.6. The predicted octanol–water partition coefficient (Wildman–Crippen LogP) is 5.70. The summed E-state index contributed by atoms with van der Waals surface area (Å²) < 4.78 is 5.17. The Hall–Kier alpha value is -3.58. The maximum Gasteiger partial charge on any atom is 0.338 e. The summed E-state index contributed by atoms with van der Waals surface area (Å²) in [7, 11) is 0. The third-order valence-electron chi connectivity index (χ3n) is 5.57. The van der Waals surface area contributed by atoms with Crippen molar-refractivity contribution in [1.29, 1.82) is 0 Å². The molecule has 2 amide bonds. The number of anilines is 2. The van der Waals surface area contributed by atoms with Crippen LogP contribution < -0.4 is 10.2 Å². The van der Waals surface area contributed by atoms with Gasteiger partial charge in [0, 0.05) is 15.5 Å². The number of carbonyl (C=O) groups excluding carboxylic acids is 3. The molecule has 0 aromatic heterocycles. The van der Waals surface area contributed by atoms with Gasteiger partial charge in [0.15, 0.2) is 0 Å². The third-order valence-corrected chi connectivity index (χ3v) is 6.71. The van der Waals surface area contributed by atoms with Crippen LogP contribution in [0.15, 0.2) is 76.5 Å². The number of esters is 1. The zero-order chi connectivity index (χ0) is 24.2.